The highest BCUT2D eigenvalue weighted by Gasteiger charge is 2.23. The molecule has 0 bridgehead atoms. The number of hydrogen-bond donors (Lipinski definition) is 2. The van der Waals surface area contributed by atoms with Gasteiger partial charge < -0.3 is 10.7 Å². The lowest BCUT2D eigenvalue weighted by Crippen LogP contribution is -2.21. The molecule has 18 heavy (non-hydrogen) atoms. The number of rotatable bonds is 2. The number of para-hydroxylation sites is 1. The average molecular weight is 264 g/mol. The smallest absolute Gasteiger partial charge is 0.110 e. The van der Waals surface area contributed by atoms with Crippen LogP contribution in [0.4, 0.5) is 0 Å². The van der Waals surface area contributed by atoms with Gasteiger partial charge in [-0.1, -0.05) is 17.7 Å². The number of nitrogens with two attached hydrogens (primary N) is 1. The minimum Gasteiger partial charge on any atom is -0.342 e. The molecule has 3 nitrogen and oxygen atoms in total. The van der Waals surface area contributed by atoms with Crippen LogP contribution in [-0.2, 0) is 0 Å². The summed E-state index contributed by atoms with van der Waals surface area (Å²) >= 11 is 6.16. The maximum atomic E-state index is 6.16. The molecule has 3 rings (SSSR count). The maximum Gasteiger partial charge on any atom is 0.110 e. The summed E-state index contributed by atoms with van der Waals surface area (Å²) in [5, 5.41) is 0.727. The molecule has 0 unspecified atom stereocenters. The highest BCUT2D eigenvalue weighted by atomic mass is 35.5. The summed E-state index contributed by atoms with van der Waals surface area (Å²) in [6.07, 6.45) is 4.79. The topological polar surface area (TPSA) is 54.7 Å². The summed E-state index contributed by atoms with van der Waals surface area (Å²) in [7, 11) is 0. The molecule has 3 N–H and O–H groups in total. The van der Waals surface area contributed by atoms with Gasteiger partial charge in [0.2, 0.25) is 0 Å². The Morgan fingerprint density at radius 1 is 1.28 bits per heavy atom. The highest BCUT2D eigenvalue weighted by molar-refractivity contribution is 6.34. The van der Waals surface area contributed by atoms with E-state index in [0.717, 1.165) is 28.4 Å². The van der Waals surface area contributed by atoms with E-state index in [4.69, 9.17) is 17.3 Å². The van der Waals surface area contributed by atoms with E-state index in [1.54, 1.807) is 0 Å². The van der Waals surface area contributed by atoms with E-state index in [9.17, 15) is 0 Å². The van der Waals surface area contributed by atoms with Crippen LogP contribution < -0.4 is 5.73 Å². The van der Waals surface area contributed by atoms with Crippen molar-refractivity contribution in [3.8, 4) is 0 Å². The van der Waals surface area contributed by atoms with Crippen LogP contribution in [0.25, 0.3) is 11.0 Å². The molecule has 4 heteroatoms. The number of H-pyrrole nitrogens is 1. The molecular weight excluding hydrogens is 246 g/mol. The molecule has 1 fully saturated rings. The third-order valence-electron chi connectivity index (χ3n) is 4.05. The van der Waals surface area contributed by atoms with E-state index in [1.165, 1.54) is 25.7 Å². The summed E-state index contributed by atoms with van der Waals surface area (Å²) in [4.78, 5) is 8.08. The van der Waals surface area contributed by atoms with Gasteiger partial charge in [-0.15, -0.1) is 0 Å². The molecule has 0 spiro atoms. The molecule has 1 aliphatic carbocycles. The molecule has 0 radical (unpaired) electrons. The number of aromatic nitrogens is 2. The Bertz CT molecular complexity index is 541. The summed E-state index contributed by atoms with van der Waals surface area (Å²) in [6, 6.07) is 5.88. The second kappa shape index (κ2) is 4.90. The lowest BCUT2D eigenvalue weighted by Gasteiger charge is -2.26. The Balaban J connectivity index is 1.85. The van der Waals surface area contributed by atoms with Crippen LogP contribution in [0.1, 0.15) is 37.4 Å². The number of aromatic amines is 1. The molecule has 0 amide bonds. The van der Waals surface area contributed by atoms with Crippen LogP contribution in [0, 0.1) is 5.92 Å². The van der Waals surface area contributed by atoms with E-state index in [0.29, 0.717) is 11.8 Å². The van der Waals surface area contributed by atoms with Crippen molar-refractivity contribution in [2.24, 2.45) is 11.7 Å². The number of benzene rings is 1. The third-order valence-corrected chi connectivity index (χ3v) is 4.35. The minimum atomic E-state index is 0.538. The Labute approximate surface area is 112 Å². The fraction of sp³-hybridized carbons (Fsp3) is 0.500. The second-order valence-corrected chi connectivity index (χ2v) is 5.62. The van der Waals surface area contributed by atoms with Crippen molar-refractivity contribution in [1.82, 2.24) is 9.97 Å². The van der Waals surface area contributed by atoms with Crippen LogP contribution >= 0.6 is 11.6 Å². The molecule has 0 saturated heterocycles. The third kappa shape index (κ3) is 2.13. The number of fused-ring (bicyclic) bond motifs is 1. The van der Waals surface area contributed by atoms with E-state index in [1.807, 2.05) is 18.2 Å². The lowest BCUT2D eigenvalue weighted by atomic mass is 9.82. The highest BCUT2D eigenvalue weighted by Crippen LogP contribution is 2.35. The number of imidazole rings is 1. The summed E-state index contributed by atoms with van der Waals surface area (Å²) < 4.78 is 0. The van der Waals surface area contributed by atoms with Crippen molar-refractivity contribution in [2.75, 3.05) is 6.54 Å². The molecule has 1 saturated carbocycles. The van der Waals surface area contributed by atoms with E-state index in [2.05, 4.69) is 9.97 Å². The van der Waals surface area contributed by atoms with Crippen molar-refractivity contribution >= 4 is 22.6 Å². The van der Waals surface area contributed by atoms with E-state index >= 15 is 0 Å². The standard InChI is InChI=1S/C14H18ClN3/c15-11-2-1-3-12-13(11)18-14(17-12)10-6-4-9(8-16)5-7-10/h1-3,9-10H,4-8,16H2,(H,17,18). The van der Waals surface area contributed by atoms with E-state index < -0.39 is 0 Å². The normalized spacial score (nSPS) is 24.6. The number of nitrogens with one attached hydrogen (secondary N) is 1. The second-order valence-electron chi connectivity index (χ2n) is 5.21. The van der Waals surface area contributed by atoms with Crippen LogP contribution in [0.2, 0.25) is 5.02 Å². The number of hydrogen-bond acceptors (Lipinski definition) is 2. The molecule has 1 heterocycles. The Hall–Kier alpha value is -1.06. The van der Waals surface area contributed by atoms with Crippen LogP contribution in [0.15, 0.2) is 18.2 Å². The molecule has 0 aliphatic heterocycles. The van der Waals surface area contributed by atoms with Crippen molar-refractivity contribution in [2.45, 2.75) is 31.6 Å². The largest absolute Gasteiger partial charge is 0.342 e. The van der Waals surface area contributed by atoms with Gasteiger partial charge in [0.05, 0.1) is 10.5 Å². The van der Waals surface area contributed by atoms with Gasteiger partial charge in [0.25, 0.3) is 0 Å². The van der Waals surface area contributed by atoms with Gasteiger partial charge in [0, 0.05) is 5.92 Å². The first kappa shape index (κ1) is 12.0. The molecule has 1 aliphatic rings. The van der Waals surface area contributed by atoms with Crippen LogP contribution in [-0.4, -0.2) is 16.5 Å². The number of nitrogens with zero attached hydrogens (tertiary/aromatic N) is 1. The van der Waals surface area contributed by atoms with Gasteiger partial charge in [-0.05, 0) is 50.3 Å². The summed E-state index contributed by atoms with van der Waals surface area (Å²) in [6.45, 7) is 0.818. The maximum absolute atomic E-state index is 6.16. The SMILES string of the molecule is NCC1CCC(c2nc3c(Cl)cccc3[nH]2)CC1. The molecule has 96 valence electrons. The van der Waals surface area contributed by atoms with Crippen LogP contribution in [0.3, 0.4) is 0 Å². The molecule has 1 aromatic carbocycles. The van der Waals surface area contributed by atoms with Crippen molar-refractivity contribution in [3.63, 3.8) is 0 Å². The van der Waals surface area contributed by atoms with Crippen molar-refractivity contribution in [1.29, 1.82) is 0 Å². The zero-order valence-corrected chi connectivity index (χ0v) is 11.1. The monoisotopic (exact) mass is 263 g/mol. The molecular formula is C14H18ClN3. The minimum absolute atomic E-state index is 0.538. The Morgan fingerprint density at radius 2 is 2.06 bits per heavy atom. The van der Waals surface area contributed by atoms with Gasteiger partial charge in [0.1, 0.15) is 11.3 Å². The Morgan fingerprint density at radius 3 is 2.72 bits per heavy atom. The fourth-order valence-electron chi connectivity index (χ4n) is 2.88. The first-order valence-corrected chi connectivity index (χ1v) is 7.00. The first-order chi connectivity index (χ1) is 8.78. The van der Waals surface area contributed by atoms with Gasteiger partial charge in [0.15, 0.2) is 0 Å². The fourth-order valence-corrected chi connectivity index (χ4v) is 3.10. The predicted molar refractivity (Wildman–Crippen MR) is 74.9 cm³/mol. The molecule has 1 aromatic heterocycles. The zero-order chi connectivity index (χ0) is 12.5. The first-order valence-electron chi connectivity index (χ1n) is 6.62. The zero-order valence-electron chi connectivity index (χ0n) is 10.3. The van der Waals surface area contributed by atoms with Crippen molar-refractivity contribution < 1.29 is 0 Å². The Kier molecular flexibility index (Phi) is 3.27. The van der Waals surface area contributed by atoms with E-state index in [-0.39, 0.29) is 0 Å². The number of halogens is 1. The van der Waals surface area contributed by atoms with Gasteiger partial charge in [-0.2, -0.15) is 0 Å². The predicted octanol–water partition coefficient (Wildman–Crippen LogP) is 3.45. The molecule has 2 aromatic rings. The van der Waals surface area contributed by atoms with Crippen molar-refractivity contribution in [3.05, 3.63) is 29.0 Å². The van der Waals surface area contributed by atoms with Gasteiger partial charge >= 0.3 is 0 Å². The lowest BCUT2D eigenvalue weighted by molar-refractivity contribution is 0.326. The van der Waals surface area contributed by atoms with Gasteiger partial charge in [-0.25, -0.2) is 4.98 Å². The van der Waals surface area contributed by atoms with Gasteiger partial charge in [-0.3, -0.25) is 0 Å². The van der Waals surface area contributed by atoms with Crippen LogP contribution in [0.5, 0.6) is 0 Å². The summed E-state index contributed by atoms with van der Waals surface area (Å²) in [5.41, 5.74) is 7.67. The summed E-state index contributed by atoms with van der Waals surface area (Å²) in [5.74, 6) is 2.33. The quantitative estimate of drug-likeness (QED) is 0.872. The average Bonchev–Trinajstić information content (AvgIpc) is 2.84. The molecule has 0 atom stereocenters.